The molecule has 5 heterocycles. The zero-order valence-corrected chi connectivity index (χ0v) is 30.4. The van der Waals surface area contributed by atoms with Gasteiger partial charge in [0.2, 0.25) is 5.88 Å². The van der Waals surface area contributed by atoms with Gasteiger partial charge in [-0.1, -0.05) is 30.3 Å². The monoisotopic (exact) mass is 723 g/mol. The van der Waals surface area contributed by atoms with Crippen LogP contribution >= 0.6 is 11.6 Å². The maximum Gasteiger partial charge on any atom is 0.214 e. The van der Waals surface area contributed by atoms with Crippen molar-refractivity contribution in [2.24, 2.45) is 0 Å². The van der Waals surface area contributed by atoms with E-state index in [2.05, 4.69) is 53.7 Å². The summed E-state index contributed by atoms with van der Waals surface area (Å²) in [5, 5.41) is 11.4. The normalized spacial score (nSPS) is 15.5. The molecule has 8 rings (SSSR count). The zero-order valence-electron chi connectivity index (χ0n) is 29.6. The number of carbonyl (C=O) groups is 1. The van der Waals surface area contributed by atoms with E-state index in [0.29, 0.717) is 23.6 Å². The second-order valence-corrected chi connectivity index (χ2v) is 12.6. The van der Waals surface area contributed by atoms with E-state index in [1.165, 1.54) is 23.4 Å². The lowest BCUT2D eigenvalue weighted by Crippen LogP contribution is -2.33. The number of aldehydes is 1. The lowest BCUT2D eigenvalue weighted by Gasteiger charge is -2.29. The van der Waals surface area contributed by atoms with E-state index < -0.39 is 0 Å². The summed E-state index contributed by atoms with van der Waals surface area (Å²) < 4.78 is 27.6. The highest BCUT2D eigenvalue weighted by atomic mass is 35.5. The van der Waals surface area contributed by atoms with Crippen LogP contribution in [0, 0.1) is 12.7 Å². The molecule has 1 saturated heterocycles. The fourth-order valence-electron chi connectivity index (χ4n) is 6.24. The maximum atomic E-state index is 13.9. The van der Waals surface area contributed by atoms with Gasteiger partial charge in [0, 0.05) is 67.1 Å². The summed E-state index contributed by atoms with van der Waals surface area (Å²) in [5.74, 6) is 1.18. The van der Waals surface area contributed by atoms with Gasteiger partial charge in [0.1, 0.15) is 24.5 Å². The molecule has 1 unspecified atom stereocenters. The number of ether oxygens (including phenoxy) is 2. The molecular weight excluding hydrogens is 681 g/mol. The summed E-state index contributed by atoms with van der Waals surface area (Å²) in [6, 6.07) is 24.1. The quantitative estimate of drug-likeness (QED) is 0.109. The van der Waals surface area contributed by atoms with Crippen molar-refractivity contribution in [3.05, 3.63) is 119 Å². The average Bonchev–Trinajstić information content (AvgIpc) is 3.72. The number of carbonyl (C=O) groups excluding carboxylic acids is 1. The fraction of sp³-hybridized carbons (Fsp3) is 0.300. The number of hydrogen-bond acceptors (Lipinski definition) is 8. The van der Waals surface area contributed by atoms with Crippen molar-refractivity contribution in [2.45, 2.75) is 45.6 Å². The number of aryl methyl sites for hydroxylation is 1. The highest BCUT2D eigenvalue weighted by Gasteiger charge is 2.24. The number of hydrogen-bond donors (Lipinski definition) is 2. The Kier molecular flexibility index (Phi) is 12.3. The summed E-state index contributed by atoms with van der Waals surface area (Å²) >= 11 is 4.64. The van der Waals surface area contributed by atoms with E-state index in [1.807, 2.05) is 56.4 Å². The van der Waals surface area contributed by atoms with Crippen LogP contribution in [0.5, 0.6) is 5.88 Å². The number of H-pyrrole nitrogens is 1. The molecule has 0 aliphatic carbocycles. The van der Waals surface area contributed by atoms with E-state index >= 15 is 0 Å². The van der Waals surface area contributed by atoms with E-state index in [-0.39, 0.29) is 18.5 Å². The van der Waals surface area contributed by atoms with Crippen LogP contribution < -0.4 is 10.1 Å². The summed E-state index contributed by atoms with van der Waals surface area (Å²) in [6.07, 6.45) is 6.64. The first-order valence-corrected chi connectivity index (χ1v) is 18.0. The molecule has 12 heteroatoms. The number of alkyl halides is 1. The molecule has 2 N–H and O–H groups in total. The van der Waals surface area contributed by atoms with Gasteiger partial charge in [-0.3, -0.25) is 14.8 Å². The number of benzene rings is 3. The van der Waals surface area contributed by atoms with Crippen molar-refractivity contribution < 1.29 is 18.7 Å². The standard InChI is InChI=1S/C30H29FN4O3.C9H11N3.CH3Cl/c31-25-5-2-1-4-23(25)20-38-30-7-3-6-26(33-30)22-10-13-34(14-11-22)18-29-32-27-9-8-21(19-36)16-28(27)35(29)17-24-12-15-37-24;1-6-8-5-7(10-2)3-4-9(8)12-11-6;1-2/h1-10,16,19,24H,11-15,17-18,20H2;3-5,10H,1-2H3,(H,11,12);1H3. The third kappa shape index (κ3) is 8.67. The van der Waals surface area contributed by atoms with Crippen LogP contribution in [0.1, 0.15) is 46.0 Å². The predicted molar refractivity (Wildman–Crippen MR) is 204 cm³/mol. The number of halogens is 2. The van der Waals surface area contributed by atoms with E-state index in [1.54, 1.807) is 24.3 Å². The molecule has 6 aromatic rings. The minimum atomic E-state index is -0.281. The van der Waals surface area contributed by atoms with E-state index in [9.17, 15) is 9.18 Å². The van der Waals surface area contributed by atoms with Gasteiger partial charge in [-0.05, 0) is 73.9 Å². The van der Waals surface area contributed by atoms with Gasteiger partial charge in [-0.2, -0.15) is 5.10 Å². The van der Waals surface area contributed by atoms with Crippen LogP contribution in [0.25, 0.3) is 27.5 Å². The van der Waals surface area contributed by atoms with Crippen molar-refractivity contribution in [3.8, 4) is 5.88 Å². The molecule has 2 aliphatic rings. The van der Waals surface area contributed by atoms with Crippen LogP contribution in [-0.4, -0.2) is 75.1 Å². The minimum absolute atomic E-state index is 0.136. The second kappa shape index (κ2) is 17.4. The van der Waals surface area contributed by atoms with Crippen molar-refractivity contribution in [2.75, 3.05) is 38.4 Å². The Labute approximate surface area is 307 Å². The number of nitrogens with one attached hydrogen (secondary N) is 2. The third-order valence-corrected chi connectivity index (χ3v) is 9.24. The molecule has 0 amide bonds. The number of anilines is 1. The molecule has 0 spiro atoms. The summed E-state index contributed by atoms with van der Waals surface area (Å²) in [6.45, 7) is 6.06. The molecule has 2 aliphatic heterocycles. The first-order valence-electron chi connectivity index (χ1n) is 17.3. The minimum Gasteiger partial charge on any atom is -0.473 e. The Hall–Kier alpha value is -5.10. The average molecular weight is 724 g/mol. The van der Waals surface area contributed by atoms with Gasteiger partial charge < -0.3 is 19.4 Å². The van der Waals surface area contributed by atoms with E-state index in [0.717, 1.165) is 84.8 Å². The molecule has 1 atom stereocenters. The number of aromatic amines is 1. The maximum absolute atomic E-state index is 13.9. The summed E-state index contributed by atoms with van der Waals surface area (Å²) in [4.78, 5) is 23.3. The number of pyridine rings is 1. The topological polar surface area (TPSA) is 110 Å². The zero-order chi connectivity index (χ0) is 36.5. The van der Waals surface area contributed by atoms with Gasteiger partial charge in [0.05, 0.1) is 41.4 Å². The smallest absolute Gasteiger partial charge is 0.214 e. The molecule has 1 fully saturated rings. The fourth-order valence-corrected chi connectivity index (χ4v) is 6.24. The number of fused-ring (bicyclic) bond motifs is 2. The number of aromatic nitrogens is 5. The van der Waals surface area contributed by atoms with Crippen LogP contribution in [0.4, 0.5) is 10.1 Å². The Balaban J connectivity index is 0.000000278. The Morgan fingerprint density at radius 2 is 1.88 bits per heavy atom. The van der Waals surface area contributed by atoms with Crippen molar-refractivity contribution in [1.29, 1.82) is 0 Å². The number of nitrogens with zero attached hydrogens (tertiary/aromatic N) is 5. The van der Waals surface area contributed by atoms with Gasteiger partial charge in [0.15, 0.2) is 0 Å². The van der Waals surface area contributed by atoms with Crippen LogP contribution in [-0.2, 0) is 24.4 Å². The molecular formula is C40H43ClFN7O3. The van der Waals surface area contributed by atoms with E-state index in [4.69, 9.17) is 14.5 Å². The molecule has 3 aromatic carbocycles. The molecule has 270 valence electrons. The second-order valence-electron chi connectivity index (χ2n) is 12.6. The molecule has 0 saturated carbocycles. The van der Waals surface area contributed by atoms with Crippen molar-refractivity contribution in [1.82, 2.24) is 29.6 Å². The third-order valence-electron chi connectivity index (χ3n) is 9.24. The molecule has 0 radical (unpaired) electrons. The van der Waals surface area contributed by atoms with Crippen LogP contribution in [0.3, 0.4) is 0 Å². The van der Waals surface area contributed by atoms with Crippen molar-refractivity contribution >= 4 is 51.1 Å². The van der Waals surface area contributed by atoms with Gasteiger partial charge in [0.25, 0.3) is 0 Å². The molecule has 52 heavy (non-hydrogen) atoms. The summed E-state index contributed by atoms with van der Waals surface area (Å²) in [7, 11) is 1.91. The first-order chi connectivity index (χ1) is 25.5. The Morgan fingerprint density at radius 3 is 2.62 bits per heavy atom. The van der Waals surface area contributed by atoms with Gasteiger partial charge in [-0.15, -0.1) is 11.6 Å². The Morgan fingerprint density at radius 1 is 1.06 bits per heavy atom. The van der Waals surface area contributed by atoms with Crippen molar-refractivity contribution in [3.63, 3.8) is 0 Å². The summed E-state index contributed by atoms with van der Waals surface area (Å²) in [5.41, 5.74) is 8.33. The SMILES string of the molecule is CCl.CNc1ccc2n[nH]c(C)c2c1.O=Cc1ccc2nc(CN3CC=C(c4cccc(OCc5ccccc5F)n4)CC3)n(CC3CCO3)c2c1. The first kappa shape index (κ1) is 36.7. The lowest BCUT2D eigenvalue weighted by molar-refractivity contribution is -0.0591. The van der Waals surface area contributed by atoms with Crippen LogP contribution in [0.15, 0.2) is 84.9 Å². The number of imidazole rings is 1. The van der Waals surface area contributed by atoms with Gasteiger partial charge >= 0.3 is 0 Å². The Bertz CT molecular complexity index is 2160. The number of rotatable bonds is 10. The molecule has 3 aromatic heterocycles. The molecule has 0 bridgehead atoms. The van der Waals surface area contributed by atoms with Gasteiger partial charge in [-0.25, -0.2) is 14.4 Å². The predicted octanol–water partition coefficient (Wildman–Crippen LogP) is 7.81. The van der Waals surface area contributed by atoms with Crippen LogP contribution in [0.2, 0.25) is 0 Å². The lowest BCUT2D eigenvalue weighted by atomic mass is 10.0. The molecule has 10 nitrogen and oxygen atoms in total. The largest absolute Gasteiger partial charge is 0.473 e. The highest BCUT2D eigenvalue weighted by molar-refractivity contribution is 6.15. The highest BCUT2D eigenvalue weighted by Crippen LogP contribution is 2.27.